The maximum atomic E-state index is 5.42. The van der Waals surface area contributed by atoms with Crippen LogP contribution in [0.5, 0.6) is 5.75 Å². The predicted molar refractivity (Wildman–Crippen MR) is 82.6 cm³/mol. The Hall–Kier alpha value is -1.32. The summed E-state index contributed by atoms with van der Waals surface area (Å²) < 4.78 is 6.55. The van der Waals surface area contributed by atoms with Gasteiger partial charge in [-0.15, -0.1) is 0 Å². The van der Waals surface area contributed by atoms with Crippen molar-refractivity contribution in [1.29, 1.82) is 0 Å². The van der Waals surface area contributed by atoms with Gasteiger partial charge < -0.3 is 10.1 Å². The van der Waals surface area contributed by atoms with Gasteiger partial charge in [-0.3, -0.25) is 0 Å². The number of methoxy groups -OCH3 is 1. The summed E-state index contributed by atoms with van der Waals surface area (Å²) in [6.45, 7) is 0. The fraction of sp³-hybridized carbons (Fsp3) is 0.250. The molecule has 0 saturated heterocycles. The van der Waals surface area contributed by atoms with E-state index in [1.165, 1.54) is 11.1 Å². The highest BCUT2D eigenvalue weighted by Crippen LogP contribution is 2.28. The Morgan fingerprint density at radius 3 is 2.47 bits per heavy atom. The molecule has 0 amide bonds. The number of ether oxygens (including phenoxy) is 1. The second-order valence-corrected chi connectivity index (χ2v) is 5.23. The molecule has 0 radical (unpaired) electrons. The molecule has 2 nitrogen and oxygen atoms in total. The first kappa shape index (κ1) is 14.1. The molecule has 0 aliphatic heterocycles. The topological polar surface area (TPSA) is 21.3 Å². The van der Waals surface area contributed by atoms with Crippen molar-refractivity contribution in [2.24, 2.45) is 0 Å². The number of likely N-dealkylation sites (N-methyl/N-ethyl adjacent to an activating group) is 1. The molecule has 0 aliphatic rings. The fourth-order valence-electron chi connectivity index (χ4n) is 2.22. The van der Waals surface area contributed by atoms with E-state index in [9.17, 15) is 0 Å². The highest BCUT2D eigenvalue weighted by atomic mass is 79.9. The van der Waals surface area contributed by atoms with Crippen LogP contribution in [0.2, 0.25) is 0 Å². The molecule has 1 unspecified atom stereocenters. The molecule has 19 heavy (non-hydrogen) atoms. The molecule has 0 spiro atoms. The van der Waals surface area contributed by atoms with Crippen molar-refractivity contribution in [1.82, 2.24) is 5.32 Å². The summed E-state index contributed by atoms with van der Waals surface area (Å²) in [5.41, 5.74) is 2.47. The van der Waals surface area contributed by atoms with E-state index in [1.54, 1.807) is 7.11 Å². The van der Waals surface area contributed by atoms with Crippen LogP contribution in [0.1, 0.15) is 17.2 Å². The minimum absolute atomic E-state index is 0.256. The summed E-state index contributed by atoms with van der Waals surface area (Å²) in [5, 5.41) is 3.37. The van der Waals surface area contributed by atoms with Crippen LogP contribution in [-0.4, -0.2) is 14.2 Å². The van der Waals surface area contributed by atoms with Crippen molar-refractivity contribution >= 4 is 15.9 Å². The number of halogens is 1. The Bertz CT molecular complexity index is 542. The molecule has 0 saturated carbocycles. The summed E-state index contributed by atoms with van der Waals surface area (Å²) in [7, 11) is 3.70. The zero-order valence-corrected chi connectivity index (χ0v) is 12.8. The minimum atomic E-state index is 0.256. The lowest BCUT2D eigenvalue weighted by Gasteiger charge is -2.19. The zero-order valence-electron chi connectivity index (χ0n) is 11.2. The van der Waals surface area contributed by atoms with Gasteiger partial charge in [-0.1, -0.05) is 52.3 Å². The molecule has 2 aromatic carbocycles. The van der Waals surface area contributed by atoms with Gasteiger partial charge in [0.05, 0.1) is 7.11 Å². The van der Waals surface area contributed by atoms with Crippen LogP contribution in [-0.2, 0) is 6.42 Å². The molecule has 0 fully saturated rings. The molecule has 2 aromatic rings. The van der Waals surface area contributed by atoms with Crippen molar-refractivity contribution in [2.45, 2.75) is 12.5 Å². The highest BCUT2D eigenvalue weighted by Gasteiger charge is 2.14. The molecule has 1 N–H and O–H groups in total. The molecular formula is C16H18BrNO. The third-order valence-electron chi connectivity index (χ3n) is 3.25. The fourth-order valence-corrected chi connectivity index (χ4v) is 2.78. The van der Waals surface area contributed by atoms with Crippen LogP contribution in [0.25, 0.3) is 0 Å². The van der Waals surface area contributed by atoms with Gasteiger partial charge in [-0.25, -0.2) is 0 Å². The molecule has 100 valence electrons. The largest absolute Gasteiger partial charge is 0.496 e. The van der Waals surface area contributed by atoms with Gasteiger partial charge in [-0.2, -0.15) is 0 Å². The van der Waals surface area contributed by atoms with Crippen molar-refractivity contribution in [3.05, 3.63) is 64.1 Å². The van der Waals surface area contributed by atoms with Crippen molar-refractivity contribution in [3.8, 4) is 5.75 Å². The number of nitrogens with one attached hydrogen (secondary N) is 1. The van der Waals surface area contributed by atoms with Crippen LogP contribution < -0.4 is 10.1 Å². The molecule has 0 aliphatic carbocycles. The van der Waals surface area contributed by atoms with Gasteiger partial charge in [0.1, 0.15) is 5.75 Å². The van der Waals surface area contributed by atoms with Gasteiger partial charge in [0.2, 0.25) is 0 Å². The Labute approximate surface area is 122 Å². The van der Waals surface area contributed by atoms with E-state index in [0.29, 0.717) is 0 Å². The normalized spacial score (nSPS) is 12.2. The van der Waals surface area contributed by atoms with Gasteiger partial charge in [-0.05, 0) is 36.7 Å². The third kappa shape index (κ3) is 3.37. The summed E-state index contributed by atoms with van der Waals surface area (Å²) in [5.74, 6) is 0.940. The maximum absolute atomic E-state index is 5.42. The number of rotatable bonds is 5. The van der Waals surface area contributed by atoms with E-state index in [-0.39, 0.29) is 6.04 Å². The van der Waals surface area contributed by atoms with E-state index < -0.39 is 0 Å². The quantitative estimate of drug-likeness (QED) is 0.900. The molecule has 1 atom stereocenters. The molecule has 0 aromatic heterocycles. The monoisotopic (exact) mass is 319 g/mol. The van der Waals surface area contributed by atoms with Gasteiger partial charge >= 0.3 is 0 Å². The van der Waals surface area contributed by atoms with Crippen LogP contribution >= 0.6 is 15.9 Å². The second kappa shape index (κ2) is 6.73. The molecule has 3 heteroatoms. The number of benzene rings is 2. The van der Waals surface area contributed by atoms with E-state index in [1.807, 2.05) is 31.3 Å². The Kier molecular flexibility index (Phi) is 5.00. The first-order valence-corrected chi connectivity index (χ1v) is 7.09. The highest BCUT2D eigenvalue weighted by molar-refractivity contribution is 9.10. The average molecular weight is 320 g/mol. The lowest BCUT2D eigenvalue weighted by molar-refractivity contribution is 0.406. The van der Waals surface area contributed by atoms with Crippen LogP contribution in [0.15, 0.2) is 53.0 Å². The summed E-state index contributed by atoms with van der Waals surface area (Å²) in [4.78, 5) is 0. The van der Waals surface area contributed by atoms with Crippen LogP contribution in [0.3, 0.4) is 0 Å². The Morgan fingerprint density at radius 1 is 1.11 bits per heavy atom. The lowest BCUT2D eigenvalue weighted by atomic mass is 9.98. The summed E-state index contributed by atoms with van der Waals surface area (Å²) in [6, 6.07) is 16.7. The second-order valence-electron chi connectivity index (χ2n) is 4.38. The number of hydrogen-bond donors (Lipinski definition) is 1. The standard InChI is InChI=1S/C16H18BrNO/c1-18-15(13-8-4-5-9-14(13)17)11-12-7-3-6-10-16(12)19-2/h3-10,15,18H,11H2,1-2H3. The number of hydrogen-bond acceptors (Lipinski definition) is 2. The average Bonchev–Trinajstić information content (AvgIpc) is 2.46. The Balaban J connectivity index is 2.27. The molecule has 2 rings (SSSR count). The lowest BCUT2D eigenvalue weighted by Crippen LogP contribution is -2.19. The van der Waals surface area contributed by atoms with Crippen molar-refractivity contribution < 1.29 is 4.74 Å². The van der Waals surface area contributed by atoms with Crippen molar-refractivity contribution in [3.63, 3.8) is 0 Å². The van der Waals surface area contributed by atoms with Gasteiger partial charge in [0.25, 0.3) is 0 Å². The van der Waals surface area contributed by atoms with E-state index >= 15 is 0 Å². The van der Waals surface area contributed by atoms with E-state index in [0.717, 1.165) is 16.6 Å². The Morgan fingerprint density at radius 2 is 1.79 bits per heavy atom. The van der Waals surface area contributed by atoms with Gasteiger partial charge in [0.15, 0.2) is 0 Å². The maximum Gasteiger partial charge on any atom is 0.122 e. The predicted octanol–water partition coefficient (Wildman–Crippen LogP) is 3.96. The van der Waals surface area contributed by atoms with E-state index in [2.05, 4.69) is 45.5 Å². The zero-order chi connectivity index (χ0) is 13.7. The van der Waals surface area contributed by atoms with E-state index in [4.69, 9.17) is 4.74 Å². The molecule has 0 bridgehead atoms. The SMILES string of the molecule is CNC(Cc1ccccc1OC)c1ccccc1Br. The summed E-state index contributed by atoms with van der Waals surface area (Å²) in [6.07, 6.45) is 0.892. The summed E-state index contributed by atoms with van der Waals surface area (Å²) >= 11 is 3.62. The minimum Gasteiger partial charge on any atom is -0.496 e. The molecular weight excluding hydrogens is 302 g/mol. The smallest absolute Gasteiger partial charge is 0.122 e. The third-order valence-corrected chi connectivity index (χ3v) is 3.97. The first-order valence-electron chi connectivity index (χ1n) is 6.30. The molecule has 0 heterocycles. The van der Waals surface area contributed by atoms with Crippen LogP contribution in [0.4, 0.5) is 0 Å². The first-order chi connectivity index (χ1) is 9.26. The van der Waals surface area contributed by atoms with Crippen LogP contribution in [0, 0.1) is 0 Å². The van der Waals surface area contributed by atoms with Crippen molar-refractivity contribution in [2.75, 3.05) is 14.2 Å². The van der Waals surface area contributed by atoms with Gasteiger partial charge in [0, 0.05) is 10.5 Å². The number of para-hydroxylation sites is 1.